The molecule has 0 aromatic heterocycles. The molecule has 1 aromatic carbocycles. The molecule has 1 N–H and O–H groups in total. The Hall–Kier alpha value is -1.00. The van der Waals surface area contributed by atoms with Crippen LogP contribution in [0.25, 0.3) is 0 Å². The van der Waals surface area contributed by atoms with Crippen molar-refractivity contribution < 1.29 is 14.5 Å². The lowest BCUT2D eigenvalue weighted by atomic mass is 10.2. The fourth-order valence-corrected chi connectivity index (χ4v) is 2.92. The van der Waals surface area contributed by atoms with E-state index in [9.17, 15) is 9.35 Å². The molecule has 3 nitrogen and oxygen atoms in total. The van der Waals surface area contributed by atoms with E-state index in [1.807, 2.05) is 0 Å². The van der Waals surface area contributed by atoms with Crippen LogP contribution in [0, 0.1) is 5.92 Å². The van der Waals surface area contributed by atoms with E-state index in [0.29, 0.717) is 5.92 Å². The summed E-state index contributed by atoms with van der Waals surface area (Å²) >= 11 is -0.919. The third kappa shape index (κ3) is 3.25. The number of benzene rings is 1. The second-order valence-corrected chi connectivity index (χ2v) is 5.67. The Kier molecular flexibility index (Phi) is 3.51. The lowest BCUT2D eigenvalue weighted by Crippen LogP contribution is -2.08. The number of carboxylic acids is 1. The molecule has 2 rings (SSSR count). The number of carbonyl (C=O) groups is 1. The van der Waals surface area contributed by atoms with Gasteiger partial charge in [-0.15, -0.1) is 0 Å². The van der Waals surface area contributed by atoms with Crippen LogP contribution in [0.3, 0.4) is 0 Å². The summed E-state index contributed by atoms with van der Waals surface area (Å²) < 4.78 is 11.8. The minimum atomic E-state index is -0.919. The zero-order valence-electron chi connectivity index (χ0n) is 8.89. The molecular weight excluding hydrogens is 224 g/mol. The maximum atomic E-state index is 11.8. The molecular formula is C12H14O3S. The van der Waals surface area contributed by atoms with Crippen LogP contribution in [0.1, 0.15) is 18.4 Å². The van der Waals surface area contributed by atoms with Crippen LogP contribution in [0.2, 0.25) is 0 Å². The number of hydrogen-bond donors (Lipinski definition) is 1. The minimum absolute atomic E-state index is 0.0234. The number of rotatable bonds is 5. The van der Waals surface area contributed by atoms with Gasteiger partial charge in [0.25, 0.3) is 0 Å². The molecule has 1 fully saturated rings. The van der Waals surface area contributed by atoms with Crippen molar-refractivity contribution in [3.05, 3.63) is 29.8 Å². The van der Waals surface area contributed by atoms with E-state index in [4.69, 9.17) is 5.11 Å². The Labute approximate surface area is 97.7 Å². The van der Waals surface area contributed by atoms with Crippen molar-refractivity contribution in [2.75, 3.05) is 5.75 Å². The van der Waals surface area contributed by atoms with E-state index in [0.717, 1.165) is 16.2 Å². The number of hydrogen-bond acceptors (Lipinski definition) is 2. The Morgan fingerprint density at radius 1 is 1.38 bits per heavy atom. The summed E-state index contributed by atoms with van der Waals surface area (Å²) in [6.07, 6.45) is 2.42. The van der Waals surface area contributed by atoms with Gasteiger partial charge in [-0.25, -0.2) is 0 Å². The monoisotopic (exact) mass is 238 g/mol. The Balaban J connectivity index is 1.97. The largest absolute Gasteiger partial charge is 0.611 e. The topological polar surface area (TPSA) is 60.4 Å². The molecule has 1 saturated carbocycles. The fraction of sp³-hybridized carbons (Fsp3) is 0.417. The van der Waals surface area contributed by atoms with Crippen LogP contribution < -0.4 is 0 Å². The summed E-state index contributed by atoms with van der Waals surface area (Å²) in [6, 6.07) is 7.04. The Morgan fingerprint density at radius 2 is 2.00 bits per heavy atom. The maximum Gasteiger partial charge on any atom is 0.307 e. The summed E-state index contributed by atoms with van der Waals surface area (Å²) in [4.78, 5) is 11.3. The predicted octanol–water partition coefficient (Wildman–Crippen LogP) is 1.83. The lowest BCUT2D eigenvalue weighted by Gasteiger charge is -2.09. The van der Waals surface area contributed by atoms with E-state index in [1.54, 1.807) is 24.3 Å². The average molecular weight is 238 g/mol. The first-order valence-electron chi connectivity index (χ1n) is 5.34. The molecule has 1 aliphatic rings. The summed E-state index contributed by atoms with van der Waals surface area (Å²) in [5, 5.41) is 8.61. The van der Waals surface area contributed by atoms with Crippen molar-refractivity contribution >= 4 is 17.1 Å². The quantitative estimate of drug-likeness (QED) is 0.796. The van der Waals surface area contributed by atoms with Crippen molar-refractivity contribution in [3.63, 3.8) is 0 Å². The molecule has 1 aromatic rings. The van der Waals surface area contributed by atoms with Gasteiger partial charge >= 0.3 is 5.97 Å². The summed E-state index contributed by atoms with van der Waals surface area (Å²) in [5.74, 6) is 0.546. The molecule has 1 aliphatic carbocycles. The van der Waals surface area contributed by atoms with Gasteiger partial charge in [-0.2, -0.15) is 0 Å². The van der Waals surface area contributed by atoms with Gasteiger partial charge in [0.05, 0.1) is 6.42 Å². The third-order valence-electron chi connectivity index (χ3n) is 2.63. The SMILES string of the molecule is O=C(O)Cc1ccc([S+]([O-])CC2CC2)cc1. The zero-order valence-corrected chi connectivity index (χ0v) is 9.70. The first-order chi connectivity index (χ1) is 7.65. The molecule has 4 heteroatoms. The first kappa shape index (κ1) is 11.5. The van der Waals surface area contributed by atoms with Crippen molar-refractivity contribution in [1.82, 2.24) is 0 Å². The van der Waals surface area contributed by atoms with Gasteiger partial charge in [0, 0.05) is 5.92 Å². The molecule has 0 bridgehead atoms. The van der Waals surface area contributed by atoms with E-state index >= 15 is 0 Å². The molecule has 1 unspecified atom stereocenters. The predicted molar refractivity (Wildman–Crippen MR) is 61.8 cm³/mol. The Bertz CT molecular complexity index is 370. The van der Waals surface area contributed by atoms with Crippen molar-refractivity contribution in [3.8, 4) is 0 Å². The lowest BCUT2D eigenvalue weighted by molar-refractivity contribution is -0.136. The van der Waals surface area contributed by atoms with Crippen LogP contribution in [-0.2, 0) is 22.4 Å². The highest BCUT2D eigenvalue weighted by atomic mass is 32.2. The molecule has 0 spiro atoms. The average Bonchev–Trinajstić information content (AvgIpc) is 3.01. The minimum Gasteiger partial charge on any atom is -0.611 e. The van der Waals surface area contributed by atoms with E-state index in [1.165, 1.54) is 12.8 Å². The smallest absolute Gasteiger partial charge is 0.307 e. The standard InChI is InChI=1S/C12H14O3S/c13-12(14)7-9-3-5-11(6-4-9)16(15)8-10-1-2-10/h3-6,10H,1-2,7-8H2,(H,13,14). The van der Waals surface area contributed by atoms with E-state index in [2.05, 4.69) is 0 Å². The molecule has 0 amide bonds. The van der Waals surface area contributed by atoms with Crippen molar-refractivity contribution in [1.29, 1.82) is 0 Å². The highest BCUT2D eigenvalue weighted by Crippen LogP contribution is 2.32. The number of aliphatic carboxylic acids is 1. The Morgan fingerprint density at radius 3 is 2.50 bits per heavy atom. The molecule has 0 radical (unpaired) electrons. The molecule has 0 aliphatic heterocycles. The van der Waals surface area contributed by atoms with Gasteiger partial charge in [0.1, 0.15) is 5.75 Å². The fourth-order valence-electron chi connectivity index (χ4n) is 1.53. The summed E-state index contributed by atoms with van der Waals surface area (Å²) in [5.41, 5.74) is 0.750. The van der Waals surface area contributed by atoms with Gasteiger partial charge in [0.15, 0.2) is 4.90 Å². The number of carboxylic acid groups (broad SMARTS) is 1. The molecule has 0 heterocycles. The van der Waals surface area contributed by atoms with Gasteiger partial charge in [0.2, 0.25) is 0 Å². The van der Waals surface area contributed by atoms with Crippen LogP contribution in [0.15, 0.2) is 29.2 Å². The van der Waals surface area contributed by atoms with Gasteiger partial charge in [-0.1, -0.05) is 12.1 Å². The van der Waals surface area contributed by atoms with E-state index in [-0.39, 0.29) is 6.42 Å². The zero-order chi connectivity index (χ0) is 11.5. The highest BCUT2D eigenvalue weighted by molar-refractivity contribution is 7.91. The van der Waals surface area contributed by atoms with Gasteiger partial charge in [-0.05, 0) is 41.7 Å². The summed E-state index contributed by atoms with van der Waals surface area (Å²) in [6.45, 7) is 0. The van der Waals surface area contributed by atoms with Crippen molar-refractivity contribution in [2.24, 2.45) is 5.92 Å². The van der Waals surface area contributed by atoms with Crippen LogP contribution in [-0.4, -0.2) is 21.4 Å². The van der Waals surface area contributed by atoms with Crippen LogP contribution in [0.4, 0.5) is 0 Å². The van der Waals surface area contributed by atoms with E-state index < -0.39 is 17.1 Å². The second-order valence-electron chi connectivity index (χ2n) is 4.17. The van der Waals surface area contributed by atoms with Crippen LogP contribution >= 0.6 is 0 Å². The third-order valence-corrected chi connectivity index (χ3v) is 4.20. The summed E-state index contributed by atoms with van der Waals surface area (Å²) in [7, 11) is 0. The normalized spacial score (nSPS) is 17.1. The first-order valence-corrected chi connectivity index (χ1v) is 6.66. The van der Waals surface area contributed by atoms with Crippen molar-refractivity contribution in [2.45, 2.75) is 24.2 Å². The maximum absolute atomic E-state index is 11.8. The van der Waals surface area contributed by atoms with Gasteiger partial charge < -0.3 is 9.66 Å². The molecule has 0 saturated heterocycles. The highest BCUT2D eigenvalue weighted by Gasteiger charge is 2.28. The molecule has 16 heavy (non-hydrogen) atoms. The van der Waals surface area contributed by atoms with Gasteiger partial charge in [-0.3, -0.25) is 4.79 Å². The second kappa shape index (κ2) is 4.89. The van der Waals surface area contributed by atoms with Crippen LogP contribution in [0.5, 0.6) is 0 Å². The molecule has 1 atom stereocenters. The molecule has 86 valence electrons.